The molecule has 1 aliphatic rings. The fraction of sp³-hybridized carbons (Fsp3) is 0.286. The number of thiophene rings is 1. The summed E-state index contributed by atoms with van der Waals surface area (Å²) >= 11 is 1.77. The molecule has 1 aromatic heterocycles. The lowest BCUT2D eigenvalue weighted by atomic mass is 10.1. The Labute approximate surface area is 106 Å². The Morgan fingerprint density at radius 1 is 1.29 bits per heavy atom. The van der Waals surface area contributed by atoms with Crippen LogP contribution in [0.4, 0.5) is 11.4 Å². The Morgan fingerprint density at radius 3 is 3.06 bits per heavy atom. The number of hydrogen-bond acceptors (Lipinski definition) is 3. The van der Waals surface area contributed by atoms with Crippen LogP contribution in [0.1, 0.15) is 11.1 Å². The zero-order valence-electron chi connectivity index (χ0n) is 9.73. The molecule has 2 nitrogen and oxygen atoms in total. The van der Waals surface area contributed by atoms with Gasteiger partial charge in [-0.05, 0) is 59.0 Å². The van der Waals surface area contributed by atoms with Gasteiger partial charge < -0.3 is 10.6 Å². The third kappa shape index (κ3) is 2.15. The number of benzene rings is 1. The van der Waals surface area contributed by atoms with Crippen molar-refractivity contribution in [3.8, 4) is 0 Å². The molecule has 17 heavy (non-hydrogen) atoms. The molecule has 0 spiro atoms. The minimum atomic E-state index is 0.878. The fourth-order valence-corrected chi connectivity index (χ4v) is 3.12. The normalized spacial score (nSPS) is 14.0. The number of anilines is 2. The van der Waals surface area contributed by atoms with Crippen LogP contribution in [0.2, 0.25) is 0 Å². The lowest BCUT2D eigenvalue weighted by Gasteiger charge is -2.19. The van der Waals surface area contributed by atoms with Gasteiger partial charge in [0.25, 0.3) is 0 Å². The maximum Gasteiger partial charge on any atom is 0.0401 e. The predicted molar refractivity (Wildman–Crippen MR) is 74.8 cm³/mol. The minimum absolute atomic E-state index is 0.878. The molecule has 0 radical (unpaired) electrons. The fourth-order valence-electron chi connectivity index (χ4n) is 2.42. The number of nitrogens with two attached hydrogens (primary N) is 1. The summed E-state index contributed by atoms with van der Waals surface area (Å²) in [5, 5.41) is 4.38. The van der Waals surface area contributed by atoms with E-state index >= 15 is 0 Å². The number of nitrogens with zero attached hydrogens (tertiary/aromatic N) is 1. The zero-order valence-corrected chi connectivity index (χ0v) is 10.5. The summed E-state index contributed by atoms with van der Waals surface area (Å²) < 4.78 is 0. The van der Waals surface area contributed by atoms with Gasteiger partial charge in [0.15, 0.2) is 0 Å². The molecule has 3 heteroatoms. The van der Waals surface area contributed by atoms with Crippen LogP contribution in [0.3, 0.4) is 0 Å². The second kappa shape index (κ2) is 4.41. The van der Waals surface area contributed by atoms with E-state index in [2.05, 4.69) is 33.9 Å². The maximum atomic E-state index is 5.81. The van der Waals surface area contributed by atoms with Gasteiger partial charge in [-0.15, -0.1) is 0 Å². The molecule has 0 saturated carbocycles. The second-order valence-electron chi connectivity index (χ2n) is 4.51. The topological polar surface area (TPSA) is 29.3 Å². The number of rotatable bonds is 3. The van der Waals surface area contributed by atoms with E-state index in [-0.39, 0.29) is 0 Å². The highest BCUT2D eigenvalue weighted by Crippen LogP contribution is 2.29. The van der Waals surface area contributed by atoms with Crippen molar-refractivity contribution in [2.75, 3.05) is 23.7 Å². The molecule has 1 aromatic carbocycles. The van der Waals surface area contributed by atoms with Crippen LogP contribution in [0.5, 0.6) is 0 Å². The Bertz CT molecular complexity index is 505. The molecule has 0 amide bonds. The molecule has 2 heterocycles. The summed E-state index contributed by atoms with van der Waals surface area (Å²) in [6.07, 6.45) is 2.26. The van der Waals surface area contributed by atoms with Crippen LogP contribution in [0.25, 0.3) is 0 Å². The molecule has 2 N–H and O–H groups in total. The average molecular weight is 244 g/mol. The van der Waals surface area contributed by atoms with Gasteiger partial charge in [0.2, 0.25) is 0 Å². The molecule has 88 valence electrons. The summed E-state index contributed by atoms with van der Waals surface area (Å²) in [5.41, 5.74) is 10.9. The maximum absolute atomic E-state index is 5.81. The van der Waals surface area contributed by atoms with E-state index in [1.54, 1.807) is 11.3 Å². The van der Waals surface area contributed by atoms with Gasteiger partial charge in [-0.1, -0.05) is 0 Å². The summed E-state index contributed by atoms with van der Waals surface area (Å²) in [6.45, 7) is 2.23. The van der Waals surface area contributed by atoms with Crippen molar-refractivity contribution >= 4 is 22.7 Å². The van der Waals surface area contributed by atoms with Crippen molar-refractivity contribution in [1.82, 2.24) is 0 Å². The summed E-state index contributed by atoms with van der Waals surface area (Å²) in [4.78, 5) is 2.46. The summed E-state index contributed by atoms with van der Waals surface area (Å²) in [6, 6.07) is 8.48. The summed E-state index contributed by atoms with van der Waals surface area (Å²) in [7, 11) is 0. The largest absolute Gasteiger partial charge is 0.399 e. The predicted octanol–water partition coefficient (Wildman–Crippen LogP) is 2.94. The Balaban J connectivity index is 1.71. The lowest BCUT2D eigenvalue weighted by Crippen LogP contribution is -2.23. The van der Waals surface area contributed by atoms with E-state index < -0.39 is 0 Å². The molecule has 0 atom stereocenters. The van der Waals surface area contributed by atoms with Gasteiger partial charge >= 0.3 is 0 Å². The van der Waals surface area contributed by atoms with Crippen molar-refractivity contribution in [1.29, 1.82) is 0 Å². The third-order valence-corrected chi connectivity index (χ3v) is 4.08. The molecule has 1 aliphatic heterocycles. The van der Waals surface area contributed by atoms with Crippen LogP contribution in [0.15, 0.2) is 35.0 Å². The van der Waals surface area contributed by atoms with Crippen molar-refractivity contribution in [3.63, 3.8) is 0 Å². The standard InChI is InChI=1S/C14H16N2S/c15-13-1-2-14-12(9-13)4-7-16(14)6-3-11-5-8-17-10-11/h1-2,5,8-10H,3-4,6-7,15H2. The smallest absolute Gasteiger partial charge is 0.0401 e. The lowest BCUT2D eigenvalue weighted by molar-refractivity contribution is 0.815. The highest BCUT2D eigenvalue weighted by Gasteiger charge is 2.18. The van der Waals surface area contributed by atoms with Gasteiger partial charge in [-0.25, -0.2) is 0 Å². The first-order valence-corrected chi connectivity index (χ1v) is 6.91. The van der Waals surface area contributed by atoms with Gasteiger partial charge in [0.05, 0.1) is 0 Å². The molecule has 0 saturated heterocycles. The Morgan fingerprint density at radius 2 is 2.24 bits per heavy atom. The van der Waals surface area contributed by atoms with Crippen molar-refractivity contribution < 1.29 is 0 Å². The van der Waals surface area contributed by atoms with Crippen LogP contribution < -0.4 is 10.6 Å². The van der Waals surface area contributed by atoms with Crippen molar-refractivity contribution in [3.05, 3.63) is 46.2 Å². The molecule has 0 unspecified atom stereocenters. The molecule has 0 aliphatic carbocycles. The highest BCUT2D eigenvalue weighted by atomic mass is 32.1. The van der Waals surface area contributed by atoms with Gasteiger partial charge in [0, 0.05) is 24.5 Å². The third-order valence-electron chi connectivity index (χ3n) is 3.35. The van der Waals surface area contributed by atoms with E-state index in [1.807, 2.05) is 6.07 Å². The highest BCUT2D eigenvalue weighted by molar-refractivity contribution is 7.07. The van der Waals surface area contributed by atoms with Gasteiger partial charge in [0.1, 0.15) is 0 Å². The zero-order chi connectivity index (χ0) is 11.7. The summed E-state index contributed by atoms with van der Waals surface area (Å²) in [5.74, 6) is 0. The van der Waals surface area contributed by atoms with E-state index in [1.165, 1.54) is 16.8 Å². The van der Waals surface area contributed by atoms with E-state index in [4.69, 9.17) is 5.73 Å². The first-order valence-electron chi connectivity index (χ1n) is 5.97. The first kappa shape index (κ1) is 10.7. The quantitative estimate of drug-likeness (QED) is 0.841. The number of nitrogen functional groups attached to an aromatic ring is 1. The van der Waals surface area contributed by atoms with Crippen LogP contribution in [-0.2, 0) is 12.8 Å². The van der Waals surface area contributed by atoms with Crippen LogP contribution in [-0.4, -0.2) is 13.1 Å². The van der Waals surface area contributed by atoms with E-state index in [9.17, 15) is 0 Å². The van der Waals surface area contributed by atoms with Gasteiger partial charge in [-0.3, -0.25) is 0 Å². The molecule has 2 aromatic rings. The van der Waals surface area contributed by atoms with Crippen LogP contribution >= 0.6 is 11.3 Å². The number of fused-ring (bicyclic) bond motifs is 1. The average Bonchev–Trinajstić information content (AvgIpc) is 2.94. The SMILES string of the molecule is Nc1ccc2c(c1)CCN2CCc1ccsc1. The van der Waals surface area contributed by atoms with Crippen LogP contribution in [0, 0.1) is 0 Å². The second-order valence-corrected chi connectivity index (χ2v) is 5.29. The van der Waals surface area contributed by atoms with E-state index in [0.717, 1.165) is 31.6 Å². The molecular formula is C14H16N2S. The Hall–Kier alpha value is -1.48. The van der Waals surface area contributed by atoms with Crippen molar-refractivity contribution in [2.24, 2.45) is 0 Å². The molecule has 0 fully saturated rings. The van der Waals surface area contributed by atoms with Gasteiger partial charge in [-0.2, -0.15) is 11.3 Å². The molecule has 3 rings (SSSR count). The number of hydrogen-bond donors (Lipinski definition) is 1. The minimum Gasteiger partial charge on any atom is -0.399 e. The first-order chi connectivity index (χ1) is 8.33. The molecular weight excluding hydrogens is 228 g/mol. The monoisotopic (exact) mass is 244 g/mol. The van der Waals surface area contributed by atoms with E-state index in [0.29, 0.717) is 0 Å². The Kier molecular flexibility index (Phi) is 2.77. The molecule has 0 bridgehead atoms. The van der Waals surface area contributed by atoms with Crippen molar-refractivity contribution in [2.45, 2.75) is 12.8 Å².